The number of carbonyl (C=O) groups is 2. The topological polar surface area (TPSA) is 88.4 Å². The molecule has 32 heavy (non-hydrogen) atoms. The molecule has 0 radical (unpaired) electrons. The Bertz CT molecular complexity index is 1030. The average molecular weight is 466 g/mol. The van der Waals surface area contributed by atoms with Crippen LogP contribution in [0, 0.1) is 11.3 Å². The van der Waals surface area contributed by atoms with Crippen molar-refractivity contribution < 1.29 is 32.2 Å². The predicted octanol–water partition coefficient (Wildman–Crippen LogP) is 5.38. The first kappa shape index (κ1) is 26.6. The number of nitriles is 1. The Labute approximate surface area is 188 Å². The number of ether oxygens (including phenoxy) is 2. The Kier molecular flexibility index (Phi) is 10.3. The van der Waals surface area contributed by atoms with E-state index in [2.05, 4.69) is 0 Å². The number of nitrogens with one attached hydrogen (secondary N) is 1. The van der Waals surface area contributed by atoms with Crippen molar-refractivity contribution in [2.75, 3.05) is 13.4 Å². The van der Waals surface area contributed by atoms with Gasteiger partial charge in [0.05, 0.1) is 29.2 Å². The molecule has 2 aromatic rings. The van der Waals surface area contributed by atoms with Crippen molar-refractivity contribution in [1.29, 1.82) is 5.26 Å². The molecule has 2 rings (SSSR count). The van der Waals surface area contributed by atoms with E-state index in [4.69, 9.17) is 14.7 Å². The maximum Gasteiger partial charge on any atom is 0.420 e. The van der Waals surface area contributed by atoms with Gasteiger partial charge in [-0.15, -0.1) is 11.8 Å². The van der Waals surface area contributed by atoms with Gasteiger partial charge in [0.2, 0.25) is 6.41 Å². The lowest BCUT2D eigenvalue weighted by atomic mass is 10.1. The van der Waals surface area contributed by atoms with Gasteiger partial charge in [-0.25, -0.2) is 0 Å². The lowest BCUT2D eigenvalue weighted by Gasteiger charge is -2.16. The molecule has 0 spiro atoms. The second-order valence-electron chi connectivity index (χ2n) is 5.64. The summed E-state index contributed by atoms with van der Waals surface area (Å²) < 4.78 is 50.6. The highest BCUT2D eigenvalue weighted by Crippen LogP contribution is 2.41. The normalized spacial score (nSPS) is 10.9. The summed E-state index contributed by atoms with van der Waals surface area (Å²) in [4.78, 5) is 22.5. The summed E-state index contributed by atoms with van der Waals surface area (Å²) in [6, 6.07) is 9.00. The van der Waals surface area contributed by atoms with Gasteiger partial charge in [0.25, 0.3) is 5.91 Å². The van der Waals surface area contributed by atoms with Crippen LogP contribution in [-0.2, 0) is 15.8 Å². The zero-order valence-electron chi connectivity index (χ0n) is 17.7. The monoisotopic (exact) mass is 466 g/mol. The smallest absolute Gasteiger partial charge is 0.420 e. The van der Waals surface area contributed by atoms with Crippen molar-refractivity contribution in [1.82, 2.24) is 5.32 Å². The molecule has 0 aliphatic carbocycles. The summed E-state index contributed by atoms with van der Waals surface area (Å²) in [5.41, 5.74) is -0.747. The van der Waals surface area contributed by atoms with Gasteiger partial charge in [-0.2, -0.15) is 18.4 Å². The van der Waals surface area contributed by atoms with Crippen LogP contribution in [0.15, 0.2) is 41.3 Å². The molecule has 0 aromatic heterocycles. The van der Waals surface area contributed by atoms with E-state index < -0.39 is 23.4 Å². The fourth-order valence-corrected chi connectivity index (χ4v) is 2.88. The standard InChI is InChI=1S/C20H15F3N2O4S.C2H6/c1-28-17-8-12(9-18(30-2)19(27)25-11-26)3-6-16(17)29-15-5-4-13(10-24)7-14(15)20(21,22)23;1-2/h3-9,11H,1-2H3,(H,25,26,27);1-2H3/b18-9-;. The Morgan fingerprint density at radius 1 is 1.12 bits per heavy atom. The third-order valence-electron chi connectivity index (χ3n) is 3.75. The highest BCUT2D eigenvalue weighted by Gasteiger charge is 2.35. The fraction of sp³-hybridized carbons (Fsp3) is 0.227. The van der Waals surface area contributed by atoms with Crippen LogP contribution in [0.5, 0.6) is 17.2 Å². The van der Waals surface area contributed by atoms with Gasteiger partial charge in [0, 0.05) is 0 Å². The third kappa shape index (κ3) is 7.06. The second-order valence-corrected chi connectivity index (χ2v) is 6.48. The van der Waals surface area contributed by atoms with E-state index in [1.807, 2.05) is 19.2 Å². The van der Waals surface area contributed by atoms with Crippen molar-refractivity contribution in [3.05, 3.63) is 58.0 Å². The predicted molar refractivity (Wildman–Crippen MR) is 116 cm³/mol. The molecule has 2 amide bonds. The van der Waals surface area contributed by atoms with Crippen LogP contribution in [0.2, 0.25) is 0 Å². The number of rotatable bonds is 7. The number of hydrogen-bond donors (Lipinski definition) is 1. The van der Waals surface area contributed by atoms with E-state index in [0.29, 0.717) is 11.6 Å². The van der Waals surface area contributed by atoms with Crippen molar-refractivity contribution in [3.63, 3.8) is 0 Å². The maximum atomic E-state index is 13.3. The molecule has 170 valence electrons. The first-order chi connectivity index (χ1) is 15.2. The first-order valence-corrected chi connectivity index (χ1v) is 10.4. The minimum Gasteiger partial charge on any atom is -0.493 e. The van der Waals surface area contributed by atoms with Crippen LogP contribution >= 0.6 is 11.8 Å². The number of hydrogen-bond acceptors (Lipinski definition) is 6. The SMILES string of the molecule is CC.COc1cc(/C=C(\SC)C(=O)NC=O)ccc1Oc1ccc(C#N)cc1C(F)(F)F. The number of nitrogens with zero attached hydrogens (tertiary/aromatic N) is 1. The zero-order valence-corrected chi connectivity index (χ0v) is 18.6. The largest absolute Gasteiger partial charge is 0.493 e. The third-order valence-corrected chi connectivity index (χ3v) is 4.50. The molecule has 10 heteroatoms. The molecule has 0 aliphatic heterocycles. The molecule has 0 aliphatic rings. The van der Waals surface area contributed by atoms with Crippen LogP contribution in [0.25, 0.3) is 6.08 Å². The summed E-state index contributed by atoms with van der Waals surface area (Å²) in [6.45, 7) is 4.00. The Morgan fingerprint density at radius 2 is 1.78 bits per heavy atom. The first-order valence-electron chi connectivity index (χ1n) is 9.21. The molecule has 6 nitrogen and oxygen atoms in total. The van der Waals surface area contributed by atoms with Crippen molar-refractivity contribution in [2.24, 2.45) is 0 Å². The summed E-state index contributed by atoms with van der Waals surface area (Å²) in [6.07, 6.45) is -1.33. The quantitative estimate of drug-likeness (QED) is 0.435. The Balaban J connectivity index is 0.00000249. The van der Waals surface area contributed by atoms with E-state index in [1.165, 1.54) is 37.5 Å². The molecule has 1 N–H and O–H groups in total. The molecular weight excluding hydrogens is 445 g/mol. The molecule has 0 saturated carbocycles. The molecule has 0 atom stereocenters. The van der Waals surface area contributed by atoms with Crippen molar-refractivity contribution in [3.8, 4) is 23.3 Å². The number of carbonyl (C=O) groups excluding carboxylic acids is 2. The van der Waals surface area contributed by atoms with Gasteiger partial charge >= 0.3 is 6.18 Å². The highest BCUT2D eigenvalue weighted by molar-refractivity contribution is 8.03. The molecule has 0 unspecified atom stereocenters. The second kappa shape index (κ2) is 12.4. The molecule has 0 heterocycles. The zero-order chi connectivity index (χ0) is 24.3. The van der Waals surface area contributed by atoms with Crippen LogP contribution in [0.3, 0.4) is 0 Å². The van der Waals surface area contributed by atoms with Gasteiger partial charge in [-0.3, -0.25) is 14.9 Å². The molecular formula is C22H21F3N2O4S. The van der Waals surface area contributed by atoms with Crippen LogP contribution < -0.4 is 14.8 Å². The van der Waals surface area contributed by atoms with Gasteiger partial charge in [0.1, 0.15) is 5.75 Å². The highest BCUT2D eigenvalue weighted by atomic mass is 32.2. The maximum absolute atomic E-state index is 13.3. The average Bonchev–Trinajstić information content (AvgIpc) is 2.79. The summed E-state index contributed by atoms with van der Waals surface area (Å²) in [5.74, 6) is -0.951. The van der Waals surface area contributed by atoms with E-state index in [-0.39, 0.29) is 28.4 Å². The van der Waals surface area contributed by atoms with E-state index in [9.17, 15) is 22.8 Å². The molecule has 2 aromatic carbocycles. The van der Waals surface area contributed by atoms with Gasteiger partial charge < -0.3 is 9.47 Å². The van der Waals surface area contributed by atoms with Gasteiger partial charge in [-0.1, -0.05) is 19.9 Å². The fourth-order valence-electron chi connectivity index (χ4n) is 2.38. The van der Waals surface area contributed by atoms with E-state index in [0.717, 1.165) is 17.8 Å². The Hall–Kier alpha value is -3.45. The minimum absolute atomic E-state index is 0.00732. The summed E-state index contributed by atoms with van der Waals surface area (Å²) >= 11 is 1.11. The number of imide groups is 1. The number of halogens is 3. The van der Waals surface area contributed by atoms with Crippen LogP contribution in [0.1, 0.15) is 30.5 Å². The van der Waals surface area contributed by atoms with E-state index in [1.54, 1.807) is 12.3 Å². The summed E-state index contributed by atoms with van der Waals surface area (Å²) in [7, 11) is 1.31. The molecule has 0 bridgehead atoms. The molecule has 0 saturated heterocycles. The molecule has 0 fully saturated rings. The van der Waals surface area contributed by atoms with Crippen LogP contribution in [0.4, 0.5) is 13.2 Å². The number of benzene rings is 2. The minimum atomic E-state index is -4.72. The summed E-state index contributed by atoms with van der Waals surface area (Å²) in [5, 5.41) is 10.9. The Morgan fingerprint density at radius 3 is 2.31 bits per heavy atom. The van der Waals surface area contributed by atoms with Crippen LogP contribution in [-0.4, -0.2) is 25.7 Å². The number of amides is 2. The van der Waals surface area contributed by atoms with Crippen molar-refractivity contribution >= 4 is 30.2 Å². The van der Waals surface area contributed by atoms with Crippen molar-refractivity contribution in [2.45, 2.75) is 20.0 Å². The lowest BCUT2D eigenvalue weighted by Crippen LogP contribution is -2.21. The van der Waals surface area contributed by atoms with Gasteiger partial charge in [0.15, 0.2) is 11.5 Å². The van der Waals surface area contributed by atoms with E-state index >= 15 is 0 Å². The van der Waals surface area contributed by atoms with Gasteiger partial charge in [-0.05, 0) is 48.2 Å². The number of alkyl halides is 3. The number of thioether (sulfide) groups is 1. The number of methoxy groups -OCH3 is 1. The lowest BCUT2D eigenvalue weighted by molar-refractivity contribution is -0.138.